The van der Waals surface area contributed by atoms with Crippen LogP contribution in [-0.2, 0) is 0 Å². The zero-order valence-electron chi connectivity index (χ0n) is 33.8. The van der Waals surface area contributed by atoms with Gasteiger partial charge in [-0.05, 0) is 127 Å². The molecule has 0 saturated carbocycles. The number of anilines is 3. The van der Waals surface area contributed by atoms with E-state index in [-0.39, 0.29) is 0 Å². The Hall–Kier alpha value is -7.52. The molecule has 0 N–H and O–H groups in total. The van der Waals surface area contributed by atoms with Crippen molar-refractivity contribution in [3.05, 3.63) is 236 Å². The molecule has 0 aliphatic carbocycles. The molecule has 0 radical (unpaired) electrons. The van der Waals surface area contributed by atoms with Crippen molar-refractivity contribution in [2.24, 2.45) is 0 Å². The Bertz CT molecular complexity index is 3330. The summed E-state index contributed by atoms with van der Waals surface area (Å²) in [5.41, 5.74) is 16.8. The molecular weight excluding hydrogens is 755 g/mol. The summed E-state index contributed by atoms with van der Waals surface area (Å²) in [4.78, 5) is 2.40. The van der Waals surface area contributed by atoms with Gasteiger partial charge < -0.3 is 4.90 Å². The maximum Gasteiger partial charge on any atom is 0.0476 e. The highest BCUT2D eigenvalue weighted by atomic mass is 32.1. The first-order chi connectivity index (χ1) is 30.2. The molecule has 2 heteroatoms. The highest BCUT2D eigenvalue weighted by Gasteiger charge is 2.18. The summed E-state index contributed by atoms with van der Waals surface area (Å²) in [7, 11) is 0. The van der Waals surface area contributed by atoms with Crippen LogP contribution >= 0.6 is 11.3 Å². The molecule has 10 aromatic carbocycles. The fourth-order valence-corrected chi connectivity index (χ4v) is 10.3. The van der Waals surface area contributed by atoms with Gasteiger partial charge in [0.1, 0.15) is 0 Å². The van der Waals surface area contributed by atoms with Crippen molar-refractivity contribution < 1.29 is 0 Å². The number of nitrogens with zero attached hydrogens (tertiary/aromatic N) is 1. The zero-order chi connectivity index (χ0) is 40.7. The van der Waals surface area contributed by atoms with Gasteiger partial charge in [0.05, 0.1) is 0 Å². The fraction of sp³-hybridized carbons (Fsp3) is 0.0169. The predicted molar refractivity (Wildman–Crippen MR) is 263 cm³/mol. The van der Waals surface area contributed by atoms with E-state index in [4.69, 9.17) is 0 Å². The molecule has 1 aromatic heterocycles. The summed E-state index contributed by atoms with van der Waals surface area (Å²) < 4.78 is 2.61. The van der Waals surface area contributed by atoms with Gasteiger partial charge in [0, 0.05) is 37.2 Å². The number of thiophene rings is 1. The van der Waals surface area contributed by atoms with Crippen molar-refractivity contribution in [3.63, 3.8) is 0 Å². The predicted octanol–water partition coefficient (Wildman–Crippen LogP) is 17.3. The molecule has 0 fully saturated rings. The summed E-state index contributed by atoms with van der Waals surface area (Å²) in [6.07, 6.45) is 0. The van der Waals surface area contributed by atoms with E-state index in [1.165, 1.54) is 92.1 Å². The lowest BCUT2D eigenvalue weighted by Gasteiger charge is -2.26. The molecule has 0 bridgehead atoms. The highest BCUT2D eigenvalue weighted by Crippen LogP contribution is 2.44. The van der Waals surface area contributed by atoms with E-state index in [9.17, 15) is 0 Å². The van der Waals surface area contributed by atoms with Crippen LogP contribution in [0.5, 0.6) is 0 Å². The Morgan fingerprint density at radius 2 is 0.885 bits per heavy atom. The van der Waals surface area contributed by atoms with Crippen LogP contribution in [0, 0.1) is 6.92 Å². The van der Waals surface area contributed by atoms with Crippen LogP contribution in [0.4, 0.5) is 17.1 Å². The second-order valence-electron chi connectivity index (χ2n) is 15.7. The summed E-state index contributed by atoms with van der Waals surface area (Å²) in [6, 6.07) is 84.1. The first-order valence-corrected chi connectivity index (χ1v) is 21.7. The van der Waals surface area contributed by atoms with Crippen LogP contribution in [0.1, 0.15) is 5.56 Å². The third kappa shape index (κ3) is 6.78. The lowest BCUT2D eigenvalue weighted by atomic mass is 9.89. The first-order valence-electron chi connectivity index (χ1n) is 20.9. The molecule has 1 heterocycles. The number of benzene rings is 10. The first kappa shape index (κ1) is 36.6. The van der Waals surface area contributed by atoms with Crippen LogP contribution < -0.4 is 4.90 Å². The average Bonchev–Trinajstić information content (AvgIpc) is 3.72. The van der Waals surface area contributed by atoms with Gasteiger partial charge in [0.25, 0.3) is 0 Å². The summed E-state index contributed by atoms with van der Waals surface area (Å²) >= 11 is 1.87. The molecule has 61 heavy (non-hydrogen) atoms. The molecule has 0 saturated heterocycles. The molecule has 0 amide bonds. The van der Waals surface area contributed by atoms with Gasteiger partial charge in [-0.15, -0.1) is 11.3 Å². The Kier molecular flexibility index (Phi) is 9.34. The molecule has 0 unspecified atom stereocenters. The molecule has 288 valence electrons. The summed E-state index contributed by atoms with van der Waals surface area (Å²) in [5, 5.41) is 5.16. The second-order valence-corrected chi connectivity index (χ2v) is 16.8. The summed E-state index contributed by atoms with van der Waals surface area (Å²) in [5.74, 6) is 0. The van der Waals surface area contributed by atoms with Crippen molar-refractivity contribution in [3.8, 4) is 55.6 Å². The van der Waals surface area contributed by atoms with Crippen LogP contribution in [-0.4, -0.2) is 0 Å². The van der Waals surface area contributed by atoms with E-state index in [2.05, 4.69) is 242 Å². The van der Waals surface area contributed by atoms with Crippen LogP contribution in [0.25, 0.3) is 86.6 Å². The standard InChI is InChI=1S/C59H41NS/c1-40-14-13-23-56-58(40)54-37-34-50(39-57(54)61-56)60(49-32-26-45(27-33-49)53-36-28-43-19-11-12-22-52(43)59(53)46-20-9-4-10-21-46)48-30-24-44(25-31-48)51-35-29-47(41-15-5-2-6-16-41)38-55(51)42-17-7-3-8-18-42/h2-39H,1H3. The Morgan fingerprint density at radius 3 is 1.59 bits per heavy atom. The largest absolute Gasteiger partial charge is 0.310 e. The van der Waals surface area contributed by atoms with E-state index >= 15 is 0 Å². The van der Waals surface area contributed by atoms with Gasteiger partial charge in [-0.1, -0.05) is 182 Å². The number of fused-ring (bicyclic) bond motifs is 4. The number of hydrogen-bond donors (Lipinski definition) is 0. The minimum Gasteiger partial charge on any atom is -0.310 e. The van der Waals surface area contributed by atoms with E-state index in [1.54, 1.807) is 0 Å². The third-order valence-corrected chi connectivity index (χ3v) is 13.1. The molecule has 0 atom stereocenters. The maximum atomic E-state index is 2.40. The quantitative estimate of drug-likeness (QED) is 0.148. The van der Waals surface area contributed by atoms with E-state index in [0.717, 1.165) is 17.1 Å². The minimum absolute atomic E-state index is 1.10. The summed E-state index contributed by atoms with van der Waals surface area (Å²) in [6.45, 7) is 2.22. The lowest BCUT2D eigenvalue weighted by molar-refractivity contribution is 1.29. The monoisotopic (exact) mass is 795 g/mol. The van der Waals surface area contributed by atoms with Crippen LogP contribution in [0.2, 0.25) is 0 Å². The van der Waals surface area contributed by atoms with Gasteiger partial charge in [-0.3, -0.25) is 0 Å². The SMILES string of the molecule is Cc1cccc2sc3cc(N(c4ccc(-c5ccc(-c6ccccc6)cc5-c5ccccc5)cc4)c4ccc(-c5ccc6ccccc6c5-c5ccccc5)cc4)ccc3c12. The molecular formula is C59H41NS. The fourth-order valence-electron chi connectivity index (χ4n) is 9.05. The Balaban J connectivity index is 1.03. The van der Waals surface area contributed by atoms with Gasteiger partial charge in [-0.25, -0.2) is 0 Å². The molecule has 0 aliphatic rings. The maximum absolute atomic E-state index is 2.40. The second kappa shape index (κ2) is 15.6. The molecule has 11 rings (SSSR count). The van der Waals surface area contributed by atoms with Crippen molar-refractivity contribution >= 4 is 59.3 Å². The van der Waals surface area contributed by atoms with Crippen molar-refractivity contribution in [1.82, 2.24) is 0 Å². The zero-order valence-corrected chi connectivity index (χ0v) is 34.6. The topological polar surface area (TPSA) is 3.24 Å². The normalized spacial score (nSPS) is 11.4. The highest BCUT2D eigenvalue weighted by molar-refractivity contribution is 7.25. The molecule has 11 aromatic rings. The lowest BCUT2D eigenvalue weighted by Crippen LogP contribution is -2.09. The Morgan fingerprint density at radius 1 is 0.328 bits per heavy atom. The number of hydrogen-bond acceptors (Lipinski definition) is 2. The van der Waals surface area contributed by atoms with Gasteiger partial charge >= 0.3 is 0 Å². The number of rotatable bonds is 8. The number of aryl methyl sites for hydroxylation is 1. The van der Waals surface area contributed by atoms with Crippen molar-refractivity contribution in [2.75, 3.05) is 4.90 Å². The average molecular weight is 796 g/mol. The van der Waals surface area contributed by atoms with Crippen LogP contribution in [0.15, 0.2) is 231 Å². The smallest absolute Gasteiger partial charge is 0.0476 e. The van der Waals surface area contributed by atoms with E-state index < -0.39 is 0 Å². The van der Waals surface area contributed by atoms with Gasteiger partial charge in [-0.2, -0.15) is 0 Å². The third-order valence-electron chi connectivity index (χ3n) is 12.0. The molecule has 0 spiro atoms. The van der Waals surface area contributed by atoms with Crippen molar-refractivity contribution in [1.29, 1.82) is 0 Å². The van der Waals surface area contributed by atoms with Crippen molar-refractivity contribution in [2.45, 2.75) is 6.92 Å². The van der Waals surface area contributed by atoms with Crippen LogP contribution in [0.3, 0.4) is 0 Å². The Labute approximate surface area is 361 Å². The van der Waals surface area contributed by atoms with Gasteiger partial charge in [0.15, 0.2) is 0 Å². The van der Waals surface area contributed by atoms with Gasteiger partial charge in [0.2, 0.25) is 0 Å². The minimum atomic E-state index is 1.10. The molecule has 1 nitrogen and oxygen atoms in total. The molecule has 0 aliphatic heterocycles. The van der Waals surface area contributed by atoms with E-state index in [0.29, 0.717) is 0 Å². The van der Waals surface area contributed by atoms with E-state index in [1.807, 2.05) is 11.3 Å².